The summed E-state index contributed by atoms with van der Waals surface area (Å²) < 4.78 is 5.33. The van der Waals surface area contributed by atoms with Crippen molar-refractivity contribution in [2.24, 2.45) is 0 Å². The van der Waals surface area contributed by atoms with Crippen LogP contribution in [-0.2, 0) is 16.1 Å². The first kappa shape index (κ1) is 14.6. The summed E-state index contributed by atoms with van der Waals surface area (Å²) >= 11 is 0. The first-order chi connectivity index (χ1) is 9.72. The van der Waals surface area contributed by atoms with E-state index in [1.807, 2.05) is 37.3 Å². The Balaban J connectivity index is 1.94. The summed E-state index contributed by atoms with van der Waals surface area (Å²) in [5.41, 5.74) is 0.955. The molecule has 0 spiro atoms. The van der Waals surface area contributed by atoms with E-state index in [1.54, 1.807) is 4.90 Å². The molecule has 1 aliphatic heterocycles. The van der Waals surface area contributed by atoms with Gasteiger partial charge in [0.15, 0.2) is 5.78 Å². The number of rotatable bonds is 4. The molecule has 0 radical (unpaired) electrons. The molecule has 1 unspecified atom stereocenters. The minimum atomic E-state index is -0.375. The summed E-state index contributed by atoms with van der Waals surface area (Å²) in [4.78, 5) is 25.7. The van der Waals surface area contributed by atoms with Crippen LogP contribution in [0.4, 0.5) is 4.79 Å². The number of hydrogen-bond acceptors (Lipinski definition) is 3. The molecule has 1 amide bonds. The summed E-state index contributed by atoms with van der Waals surface area (Å²) in [7, 11) is 0. The Morgan fingerprint density at radius 2 is 2.00 bits per heavy atom. The van der Waals surface area contributed by atoms with E-state index in [0.717, 1.165) is 24.8 Å². The van der Waals surface area contributed by atoms with Crippen molar-refractivity contribution in [3.63, 3.8) is 0 Å². The van der Waals surface area contributed by atoms with E-state index < -0.39 is 0 Å². The number of carbonyl (C=O) groups is 2. The monoisotopic (exact) mass is 275 g/mol. The normalized spacial score (nSPS) is 18.6. The summed E-state index contributed by atoms with van der Waals surface area (Å²) in [6, 6.07) is 9.28. The molecular weight excluding hydrogens is 254 g/mol. The topological polar surface area (TPSA) is 46.6 Å². The third-order valence-corrected chi connectivity index (χ3v) is 3.66. The highest BCUT2D eigenvalue weighted by Gasteiger charge is 2.31. The largest absolute Gasteiger partial charge is 0.445 e. The van der Waals surface area contributed by atoms with Gasteiger partial charge in [-0.15, -0.1) is 0 Å². The quantitative estimate of drug-likeness (QED) is 0.848. The van der Waals surface area contributed by atoms with Crippen LogP contribution in [0, 0.1) is 0 Å². The second-order valence-corrected chi connectivity index (χ2v) is 5.07. The van der Waals surface area contributed by atoms with E-state index in [2.05, 4.69) is 0 Å². The van der Waals surface area contributed by atoms with E-state index in [0.29, 0.717) is 13.0 Å². The number of benzene rings is 1. The number of Topliss-reactive ketones (excluding diaryl/α,β-unsaturated/α-hetero) is 1. The zero-order valence-corrected chi connectivity index (χ0v) is 11.9. The van der Waals surface area contributed by atoms with Crippen molar-refractivity contribution in [2.45, 2.75) is 45.3 Å². The van der Waals surface area contributed by atoms with Crippen molar-refractivity contribution in [3.05, 3.63) is 35.9 Å². The van der Waals surface area contributed by atoms with Crippen LogP contribution in [0.1, 0.15) is 38.2 Å². The van der Waals surface area contributed by atoms with E-state index >= 15 is 0 Å². The van der Waals surface area contributed by atoms with E-state index in [1.165, 1.54) is 0 Å². The molecular formula is C16H21NO3. The molecule has 0 aliphatic carbocycles. The second kappa shape index (κ2) is 7.08. The van der Waals surface area contributed by atoms with E-state index in [4.69, 9.17) is 4.74 Å². The lowest BCUT2D eigenvalue weighted by Gasteiger charge is -2.33. The molecule has 0 N–H and O–H groups in total. The Kier molecular flexibility index (Phi) is 5.16. The van der Waals surface area contributed by atoms with Gasteiger partial charge < -0.3 is 4.74 Å². The molecule has 4 nitrogen and oxygen atoms in total. The molecule has 2 rings (SSSR count). The number of nitrogens with zero attached hydrogens (tertiary/aromatic N) is 1. The van der Waals surface area contributed by atoms with Crippen LogP contribution < -0.4 is 0 Å². The number of piperidine rings is 1. The number of hydrogen-bond donors (Lipinski definition) is 0. The van der Waals surface area contributed by atoms with Gasteiger partial charge >= 0.3 is 6.09 Å². The molecule has 0 bridgehead atoms. The number of carbonyl (C=O) groups excluding carboxylic acids is 2. The van der Waals surface area contributed by atoms with Gasteiger partial charge in [-0.2, -0.15) is 0 Å². The maximum Gasteiger partial charge on any atom is 0.410 e. The maximum absolute atomic E-state index is 12.2. The fraction of sp³-hybridized carbons (Fsp3) is 0.500. The SMILES string of the molecule is CCC(=O)C1CCCCN1C(=O)OCc1ccccc1. The lowest BCUT2D eigenvalue weighted by Crippen LogP contribution is -2.48. The molecule has 0 saturated carbocycles. The van der Waals surface area contributed by atoms with Crippen molar-refractivity contribution < 1.29 is 14.3 Å². The van der Waals surface area contributed by atoms with Crippen LogP contribution in [0.2, 0.25) is 0 Å². The molecule has 1 aromatic rings. The first-order valence-corrected chi connectivity index (χ1v) is 7.22. The van der Waals surface area contributed by atoms with Crippen molar-refractivity contribution in [2.75, 3.05) is 6.54 Å². The Morgan fingerprint density at radius 1 is 1.25 bits per heavy atom. The van der Waals surface area contributed by atoms with Crippen LogP contribution in [0.5, 0.6) is 0 Å². The van der Waals surface area contributed by atoms with Crippen molar-refractivity contribution in [3.8, 4) is 0 Å². The number of ether oxygens (including phenoxy) is 1. The third kappa shape index (κ3) is 3.59. The van der Waals surface area contributed by atoms with E-state index in [9.17, 15) is 9.59 Å². The molecule has 1 aromatic carbocycles. The molecule has 1 saturated heterocycles. The molecule has 0 aromatic heterocycles. The van der Waals surface area contributed by atoms with Gasteiger partial charge in [-0.25, -0.2) is 4.79 Å². The van der Waals surface area contributed by atoms with Gasteiger partial charge in [0.05, 0.1) is 6.04 Å². The predicted octanol–water partition coefficient (Wildman–Crippen LogP) is 3.16. The standard InChI is InChI=1S/C16H21NO3/c1-2-15(18)14-10-6-7-11-17(14)16(19)20-12-13-8-4-3-5-9-13/h3-5,8-9,14H,2,6-7,10-12H2,1H3. The molecule has 1 atom stereocenters. The molecule has 1 heterocycles. The Bertz CT molecular complexity index is 458. The second-order valence-electron chi connectivity index (χ2n) is 5.07. The lowest BCUT2D eigenvalue weighted by atomic mass is 9.98. The summed E-state index contributed by atoms with van der Waals surface area (Å²) in [5.74, 6) is 0.126. The van der Waals surface area contributed by atoms with Crippen LogP contribution in [0.15, 0.2) is 30.3 Å². The van der Waals surface area contributed by atoms with Crippen molar-refractivity contribution >= 4 is 11.9 Å². The average Bonchev–Trinajstić information content (AvgIpc) is 2.52. The smallest absolute Gasteiger partial charge is 0.410 e. The van der Waals surface area contributed by atoms with Crippen molar-refractivity contribution in [1.29, 1.82) is 0 Å². The first-order valence-electron chi connectivity index (χ1n) is 7.22. The number of likely N-dealkylation sites (tertiary alicyclic amines) is 1. The molecule has 1 fully saturated rings. The van der Waals surface area contributed by atoms with Crippen LogP contribution >= 0.6 is 0 Å². The van der Waals surface area contributed by atoms with Gasteiger partial charge in [0.25, 0.3) is 0 Å². The maximum atomic E-state index is 12.2. The zero-order valence-electron chi connectivity index (χ0n) is 11.9. The summed E-state index contributed by atoms with van der Waals surface area (Å²) in [5, 5.41) is 0. The average molecular weight is 275 g/mol. The van der Waals surface area contributed by atoms with Gasteiger partial charge in [-0.05, 0) is 24.8 Å². The summed E-state index contributed by atoms with van der Waals surface area (Å²) in [6.07, 6.45) is 2.79. The lowest BCUT2D eigenvalue weighted by molar-refractivity contribution is -0.124. The Morgan fingerprint density at radius 3 is 2.70 bits per heavy atom. The fourth-order valence-electron chi connectivity index (χ4n) is 2.52. The van der Waals surface area contributed by atoms with Gasteiger partial charge in [0, 0.05) is 13.0 Å². The van der Waals surface area contributed by atoms with Crippen LogP contribution in [0.3, 0.4) is 0 Å². The predicted molar refractivity (Wildman–Crippen MR) is 76.3 cm³/mol. The highest BCUT2D eigenvalue weighted by molar-refractivity contribution is 5.87. The van der Waals surface area contributed by atoms with Gasteiger partial charge in [0.2, 0.25) is 0 Å². The minimum absolute atomic E-state index is 0.126. The number of ketones is 1. The minimum Gasteiger partial charge on any atom is -0.445 e. The molecule has 20 heavy (non-hydrogen) atoms. The van der Waals surface area contributed by atoms with Gasteiger partial charge in [0.1, 0.15) is 6.61 Å². The van der Waals surface area contributed by atoms with Crippen LogP contribution in [0.25, 0.3) is 0 Å². The third-order valence-electron chi connectivity index (χ3n) is 3.66. The molecule has 4 heteroatoms. The van der Waals surface area contributed by atoms with Gasteiger partial charge in [-0.3, -0.25) is 9.69 Å². The summed E-state index contributed by atoms with van der Waals surface area (Å²) in [6.45, 7) is 2.71. The Labute approximate surface area is 119 Å². The van der Waals surface area contributed by atoms with Crippen molar-refractivity contribution in [1.82, 2.24) is 4.90 Å². The number of amides is 1. The highest BCUT2D eigenvalue weighted by atomic mass is 16.6. The van der Waals surface area contributed by atoms with Gasteiger partial charge in [-0.1, -0.05) is 37.3 Å². The fourth-order valence-corrected chi connectivity index (χ4v) is 2.52. The molecule has 1 aliphatic rings. The Hall–Kier alpha value is -1.84. The zero-order chi connectivity index (χ0) is 14.4. The molecule has 108 valence electrons. The van der Waals surface area contributed by atoms with Crippen LogP contribution in [-0.4, -0.2) is 29.4 Å². The highest BCUT2D eigenvalue weighted by Crippen LogP contribution is 2.20. The van der Waals surface area contributed by atoms with E-state index in [-0.39, 0.29) is 24.5 Å².